The second-order valence-corrected chi connectivity index (χ2v) is 6.50. The molecule has 1 aromatic carbocycles. The zero-order valence-corrected chi connectivity index (χ0v) is 13.7. The summed E-state index contributed by atoms with van der Waals surface area (Å²) in [6, 6.07) is 4.97. The maximum atomic E-state index is 12.9. The Morgan fingerprint density at radius 3 is 2.60 bits per heavy atom. The van der Waals surface area contributed by atoms with E-state index in [0.717, 1.165) is 11.9 Å². The summed E-state index contributed by atoms with van der Waals surface area (Å²) in [5, 5.41) is 12.3. The average molecular weight is 371 g/mol. The van der Waals surface area contributed by atoms with Crippen LogP contribution in [0.2, 0.25) is 0 Å². The molecule has 0 radical (unpaired) electrons. The fraction of sp³-hybridized carbons (Fsp3) is 0.267. The van der Waals surface area contributed by atoms with Crippen LogP contribution >= 0.6 is 11.8 Å². The Bertz CT molecular complexity index is 992. The van der Waals surface area contributed by atoms with Crippen LogP contribution in [0, 0.1) is 0 Å². The van der Waals surface area contributed by atoms with Crippen molar-refractivity contribution in [1.29, 1.82) is 0 Å². The fourth-order valence-electron chi connectivity index (χ4n) is 2.64. The van der Waals surface area contributed by atoms with Crippen molar-refractivity contribution in [2.24, 2.45) is 12.2 Å². The number of fused-ring (bicyclic) bond motifs is 1. The number of thioether (sulfide) groups is 1. The number of benzene rings is 1. The first-order valence-electron chi connectivity index (χ1n) is 7.13. The summed E-state index contributed by atoms with van der Waals surface area (Å²) < 4.78 is 39.8. The second kappa shape index (κ2) is 6.10. The summed E-state index contributed by atoms with van der Waals surface area (Å²) >= 11 is 1.52. The number of oxime groups is 1. The maximum absolute atomic E-state index is 12.9. The molecule has 0 aliphatic carbocycles. The molecule has 0 saturated heterocycles. The smallest absolute Gasteiger partial charge is 0.411 e. The van der Waals surface area contributed by atoms with Crippen LogP contribution in [0.3, 0.4) is 0 Å². The van der Waals surface area contributed by atoms with Gasteiger partial charge in [-0.05, 0) is 18.2 Å². The Morgan fingerprint density at radius 2 is 1.96 bits per heavy atom. The van der Waals surface area contributed by atoms with Crippen molar-refractivity contribution in [3.05, 3.63) is 56.4 Å². The highest BCUT2D eigenvalue weighted by Crippen LogP contribution is 2.31. The summed E-state index contributed by atoms with van der Waals surface area (Å²) in [5.41, 5.74) is -2.45. The minimum Gasteiger partial charge on any atom is -0.411 e. The van der Waals surface area contributed by atoms with E-state index >= 15 is 0 Å². The average Bonchev–Trinajstić information content (AvgIpc) is 2.56. The van der Waals surface area contributed by atoms with Crippen molar-refractivity contribution >= 4 is 17.5 Å². The predicted molar refractivity (Wildman–Crippen MR) is 85.9 cm³/mol. The second-order valence-electron chi connectivity index (χ2n) is 5.37. The van der Waals surface area contributed by atoms with Crippen molar-refractivity contribution in [1.82, 2.24) is 9.13 Å². The quantitative estimate of drug-likeness (QED) is 0.616. The summed E-state index contributed by atoms with van der Waals surface area (Å²) in [6.07, 6.45) is -4.31. The van der Waals surface area contributed by atoms with Gasteiger partial charge >= 0.3 is 11.9 Å². The molecule has 2 aromatic rings. The van der Waals surface area contributed by atoms with E-state index in [9.17, 15) is 22.8 Å². The van der Waals surface area contributed by atoms with Crippen molar-refractivity contribution < 1.29 is 18.4 Å². The van der Waals surface area contributed by atoms with E-state index in [4.69, 9.17) is 5.21 Å². The van der Waals surface area contributed by atoms with E-state index in [2.05, 4.69) is 5.16 Å². The third-order valence-corrected chi connectivity index (χ3v) is 4.94. The van der Waals surface area contributed by atoms with Crippen LogP contribution in [0.4, 0.5) is 13.2 Å². The van der Waals surface area contributed by atoms with Gasteiger partial charge in [0.2, 0.25) is 0 Å². The third kappa shape index (κ3) is 2.97. The summed E-state index contributed by atoms with van der Waals surface area (Å²) in [4.78, 5) is 25.3. The largest absolute Gasteiger partial charge is 0.431 e. The fourth-order valence-corrected chi connectivity index (χ4v) is 3.65. The molecule has 1 aliphatic rings. The molecule has 1 aliphatic heterocycles. The molecule has 6 nitrogen and oxygen atoms in total. The van der Waals surface area contributed by atoms with E-state index in [0.29, 0.717) is 38.6 Å². The molecule has 0 fully saturated rings. The first kappa shape index (κ1) is 17.3. The van der Waals surface area contributed by atoms with Gasteiger partial charge in [-0.2, -0.15) is 13.2 Å². The first-order chi connectivity index (χ1) is 11.7. The maximum Gasteiger partial charge on any atom is 0.431 e. The summed E-state index contributed by atoms with van der Waals surface area (Å²) in [5.74, 6) is 0.716. The zero-order chi connectivity index (χ0) is 18.4. The molecular weight excluding hydrogens is 359 g/mol. The van der Waals surface area contributed by atoms with Gasteiger partial charge in [-0.3, -0.25) is 9.36 Å². The highest BCUT2D eigenvalue weighted by molar-refractivity contribution is 7.99. The number of aromatic nitrogens is 2. The number of rotatable bonds is 1. The standard InChI is InChI=1S/C15H12F3N3O3S/c1-20-12(15(16,17)18)7-13(22)21(14(20)23)8-2-3-11-9(6-8)10(19-24)4-5-25-11/h2-3,6-7,24H,4-5H2,1H3/b19-10-. The molecule has 25 heavy (non-hydrogen) atoms. The van der Waals surface area contributed by atoms with Crippen LogP contribution in [0.15, 0.2) is 43.9 Å². The molecule has 0 atom stereocenters. The molecule has 2 heterocycles. The van der Waals surface area contributed by atoms with Gasteiger partial charge in [0.1, 0.15) is 5.69 Å². The Morgan fingerprint density at radius 1 is 1.24 bits per heavy atom. The number of halogens is 3. The summed E-state index contributed by atoms with van der Waals surface area (Å²) in [7, 11) is 0.954. The number of alkyl halides is 3. The van der Waals surface area contributed by atoms with Gasteiger partial charge in [-0.25, -0.2) is 9.36 Å². The van der Waals surface area contributed by atoms with Gasteiger partial charge in [-0.15, -0.1) is 11.8 Å². The molecule has 0 unspecified atom stereocenters. The van der Waals surface area contributed by atoms with Crippen LogP contribution in [-0.2, 0) is 13.2 Å². The normalized spacial score (nSPS) is 16.1. The Labute approximate surface area is 143 Å². The van der Waals surface area contributed by atoms with Gasteiger partial charge in [0.15, 0.2) is 0 Å². The molecule has 0 spiro atoms. The molecule has 132 valence electrons. The minimum absolute atomic E-state index is 0.113. The minimum atomic E-state index is -4.81. The van der Waals surface area contributed by atoms with E-state index in [-0.39, 0.29) is 5.69 Å². The van der Waals surface area contributed by atoms with Crippen LogP contribution in [0.25, 0.3) is 5.69 Å². The molecule has 10 heteroatoms. The van der Waals surface area contributed by atoms with Crippen LogP contribution in [-0.4, -0.2) is 25.8 Å². The van der Waals surface area contributed by atoms with E-state index in [1.807, 2.05) is 0 Å². The highest BCUT2D eigenvalue weighted by Gasteiger charge is 2.35. The predicted octanol–water partition coefficient (Wildman–Crippen LogP) is 2.23. The van der Waals surface area contributed by atoms with E-state index < -0.39 is 23.1 Å². The topological polar surface area (TPSA) is 76.6 Å². The van der Waals surface area contributed by atoms with Gasteiger partial charge in [0, 0.05) is 35.7 Å². The Balaban J connectivity index is 2.24. The number of hydrogen-bond acceptors (Lipinski definition) is 5. The van der Waals surface area contributed by atoms with Gasteiger partial charge in [-0.1, -0.05) is 5.16 Å². The number of nitrogens with zero attached hydrogens (tertiary/aromatic N) is 3. The van der Waals surface area contributed by atoms with Crippen molar-refractivity contribution in [3.63, 3.8) is 0 Å². The molecular formula is C15H12F3N3O3S. The van der Waals surface area contributed by atoms with Crippen molar-refractivity contribution in [2.75, 3.05) is 5.75 Å². The summed E-state index contributed by atoms with van der Waals surface area (Å²) in [6.45, 7) is 0. The Kier molecular flexibility index (Phi) is 4.23. The SMILES string of the molecule is Cn1c(C(F)(F)F)cc(=O)n(-c2ccc3c(c2)/C(=N\O)CCS3)c1=O. The molecule has 3 rings (SSSR count). The first-order valence-corrected chi connectivity index (χ1v) is 8.11. The molecule has 0 saturated carbocycles. The van der Waals surface area contributed by atoms with Gasteiger partial charge in [0.05, 0.1) is 11.4 Å². The lowest BCUT2D eigenvalue weighted by Crippen LogP contribution is -2.40. The van der Waals surface area contributed by atoms with Gasteiger partial charge < -0.3 is 5.21 Å². The monoisotopic (exact) mass is 371 g/mol. The Hall–Kier alpha value is -2.49. The molecule has 0 amide bonds. The van der Waals surface area contributed by atoms with Crippen molar-refractivity contribution in [2.45, 2.75) is 17.5 Å². The third-order valence-electron chi connectivity index (χ3n) is 3.86. The lowest BCUT2D eigenvalue weighted by atomic mass is 10.1. The highest BCUT2D eigenvalue weighted by atomic mass is 32.2. The molecule has 0 bridgehead atoms. The lowest BCUT2D eigenvalue weighted by molar-refractivity contribution is -0.144. The van der Waals surface area contributed by atoms with Gasteiger partial charge in [0.25, 0.3) is 5.56 Å². The van der Waals surface area contributed by atoms with Crippen LogP contribution in [0.1, 0.15) is 17.7 Å². The van der Waals surface area contributed by atoms with Crippen molar-refractivity contribution in [3.8, 4) is 5.69 Å². The molecule has 1 aromatic heterocycles. The zero-order valence-electron chi connectivity index (χ0n) is 12.9. The lowest BCUT2D eigenvalue weighted by Gasteiger charge is -2.18. The van der Waals surface area contributed by atoms with Crippen LogP contribution in [0.5, 0.6) is 0 Å². The van der Waals surface area contributed by atoms with E-state index in [1.165, 1.54) is 23.9 Å². The van der Waals surface area contributed by atoms with Crippen LogP contribution < -0.4 is 11.2 Å². The number of hydrogen-bond donors (Lipinski definition) is 1. The molecule has 1 N–H and O–H groups in total. The van der Waals surface area contributed by atoms with E-state index in [1.54, 1.807) is 6.07 Å².